The summed E-state index contributed by atoms with van der Waals surface area (Å²) in [5.74, 6) is 1.84. The number of methoxy groups -OCH3 is 2. The standard InChI is InChI=1S/C13H19NO2/c1-15-12-6-5-7-13(16-2)11(12)10-14-8-3-4-9-14/h5-7H,3-4,8-10H2,1-2H3. The Morgan fingerprint density at radius 3 is 2.12 bits per heavy atom. The molecular weight excluding hydrogens is 202 g/mol. The van der Waals surface area contributed by atoms with Gasteiger partial charge in [0, 0.05) is 6.54 Å². The molecule has 1 aromatic rings. The quantitative estimate of drug-likeness (QED) is 0.778. The number of hydrogen-bond donors (Lipinski definition) is 0. The Morgan fingerprint density at radius 1 is 1.06 bits per heavy atom. The lowest BCUT2D eigenvalue weighted by atomic mass is 10.1. The molecule has 0 radical (unpaired) electrons. The zero-order chi connectivity index (χ0) is 11.4. The molecule has 0 bridgehead atoms. The van der Waals surface area contributed by atoms with Gasteiger partial charge in [-0.25, -0.2) is 0 Å². The van der Waals surface area contributed by atoms with E-state index in [-0.39, 0.29) is 0 Å². The monoisotopic (exact) mass is 221 g/mol. The van der Waals surface area contributed by atoms with Gasteiger partial charge in [-0.2, -0.15) is 0 Å². The van der Waals surface area contributed by atoms with Crippen LogP contribution in [0.4, 0.5) is 0 Å². The lowest BCUT2D eigenvalue weighted by molar-refractivity contribution is 0.309. The topological polar surface area (TPSA) is 21.7 Å². The summed E-state index contributed by atoms with van der Waals surface area (Å²) in [4.78, 5) is 2.44. The van der Waals surface area contributed by atoms with Crippen molar-refractivity contribution in [3.05, 3.63) is 23.8 Å². The third-order valence-corrected chi connectivity index (χ3v) is 3.11. The first-order chi connectivity index (χ1) is 7.85. The van der Waals surface area contributed by atoms with Crippen LogP contribution in [-0.4, -0.2) is 32.2 Å². The predicted molar refractivity (Wildman–Crippen MR) is 64.1 cm³/mol. The average molecular weight is 221 g/mol. The van der Waals surface area contributed by atoms with E-state index in [2.05, 4.69) is 4.90 Å². The van der Waals surface area contributed by atoms with Crippen LogP contribution in [-0.2, 0) is 6.54 Å². The van der Waals surface area contributed by atoms with Crippen molar-refractivity contribution in [3.63, 3.8) is 0 Å². The Bertz CT molecular complexity index is 324. The number of rotatable bonds is 4. The molecular formula is C13H19NO2. The minimum atomic E-state index is 0.922. The van der Waals surface area contributed by atoms with Crippen LogP contribution in [0.3, 0.4) is 0 Å². The molecule has 1 heterocycles. The van der Waals surface area contributed by atoms with Crippen molar-refractivity contribution in [1.29, 1.82) is 0 Å². The van der Waals surface area contributed by atoms with Crippen molar-refractivity contribution in [3.8, 4) is 11.5 Å². The maximum Gasteiger partial charge on any atom is 0.127 e. The summed E-state index contributed by atoms with van der Waals surface area (Å²) in [6, 6.07) is 5.95. The van der Waals surface area contributed by atoms with Crippen molar-refractivity contribution in [2.45, 2.75) is 19.4 Å². The second-order valence-corrected chi connectivity index (χ2v) is 4.12. The molecule has 0 atom stereocenters. The van der Waals surface area contributed by atoms with Crippen LogP contribution in [0.25, 0.3) is 0 Å². The van der Waals surface area contributed by atoms with Crippen molar-refractivity contribution in [2.75, 3.05) is 27.3 Å². The molecule has 0 unspecified atom stereocenters. The molecule has 1 fully saturated rings. The van der Waals surface area contributed by atoms with Gasteiger partial charge in [0.05, 0.1) is 19.8 Å². The lowest BCUT2D eigenvalue weighted by Gasteiger charge is -2.19. The first-order valence-corrected chi connectivity index (χ1v) is 5.77. The molecule has 1 aliphatic rings. The average Bonchev–Trinajstić information content (AvgIpc) is 2.82. The second-order valence-electron chi connectivity index (χ2n) is 4.12. The zero-order valence-electron chi connectivity index (χ0n) is 10.0. The van der Waals surface area contributed by atoms with Crippen molar-refractivity contribution >= 4 is 0 Å². The molecule has 0 N–H and O–H groups in total. The van der Waals surface area contributed by atoms with Gasteiger partial charge in [0.15, 0.2) is 0 Å². The zero-order valence-corrected chi connectivity index (χ0v) is 10.0. The van der Waals surface area contributed by atoms with E-state index in [0.717, 1.165) is 23.6 Å². The first-order valence-electron chi connectivity index (χ1n) is 5.77. The Balaban J connectivity index is 2.21. The number of benzene rings is 1. The van der Waals surface area contributed by atoms with Gasteiger partial charge in [-0.3, -0.25) is 4.90 Å². The van der Waals surface area contributed by atoms with Crippen LogP contribution in [0, 0.1) is 0 Å². The lowest BCUT2D eigenvalue weighted by Crippen LogP contribution is -2.19. The van der Waals surface area contributed by atoms with Gasteiger partial charge >= 0.3 is 0 Å². The molecule has 1 saturated heterocycles. The van der Waals surface area contributed by atoms with Gasteiger partial charge in [-0.05, 0) is 38.1 Å². The third kappa shape index (κ3) is 2.30. The fraction of sp³-hybridized carbons (Fsp3) is 0.538. The molecule has 0 saturated carbocycles. The summed E-state index contributed by atoms with van der Waals surface area (Å²) in [6.45, 7) is 3.29. The van der Waals surface area contributed by atoms with Gasteiger partial charge in [0.2, 0.25) is 0 Å². The molecule has 0 amide bonds. The normalized spacial score (nSPS) is 16.4. The molecule has 0 aromatic heterocycles. The summed E-state index contributed by atoms with van der Waals surface area (Å²) >= 11 is 0. The van der Waals surface area contributed by atoms with E-state index in [0.29, 0.717) is 0 Å². The van der Waals surface area contributed by atoms with Gasteiger partial charge in [0.1, 0.15) is 11.5 Å². The Morgan fingerprint density at radius 2 is 1.62 bits per heavy atom. The predicted octanol–water partition coefficient (Wildman–Crippen LogP) is 2.30. The molecule has 88 valence electrons. The number of ether oxygens (including phenoxy) is 2. The molecule has 1 aromatic carbocycles. The van der Waals surface area contributed by atoms with Crippen LogP contribution in [0.1, 0.15) is 18.4 Å². The van der Waals surface area contributed by atoms with E-state index in [1.807, 2.05) is 18.2 Å². The largest absolute Gasteiger partial charge is 0.496 e. The van der Waals surface area contributed by atoms with Gasteiger partial charge in [-0.15, -0.1) is 0 Å². The van der Waals surface area contributed by atoms with Gasteiger partial charge in [0.25, 0.3) is 0 Å². The third-order valence-electron chi connectivity index (χ3n) is 3.11. The Labute approximate surface area is 97.0 Å². The van der Waals surface area contributed by atoms with E-state index >= 15 is 0 Å². The van der Waals surface area contributed by atoms with Crippen LogP contribution in [0.15, 0.2) is 18.2 Å². The maximum atomic E-state index is 5.39. The summed E-state index contributed by atoms with van der Waals surface area (Å²) in [6.07, 6.45) is 2.61. The van der Waals surface area contributed by atoms with Crippen LogP contribution in [0.5, 0.6) is 11.5 Å². The molecule has 3 nitrogen and oxygen atoms in total. The van der Waals surface area contributed by atoms with Crippen molar-refractivity contribution < 1.29 is 9.47 Å². The highest BCUT2D eigenvalue weighted by atomic mass is 16.5. The number of likely N-dealkylation sites (tertiary alicyclic amines) is 1. The van der Waals surface area contributed by atoms with Crippen molar-refractivity contribution in [1.82, 2.24) is 4.90 Å². The summed E-state index contributed by atoms with van der Waals surface area (Å²) < 4.78 is 10.8. The highest BCUT2D eigenvalue weighted by Crippen LogP contribution is 2.30. The van der Waals surface area contributed by atoms with Crippen molar-refractivity contribution in [2.24, 2.45) is 0 Å². The smallest absolute Gasteiger partial charge is 0.127 e. The van der Waals surface area contributed by atoms with E-state index in [4.69, 9.17) is 9.47 Å². The molecule has 3 heteroatoms. The summed E-state index contributed by atoms with van der Waals surface area (Å²) in [5.41, 5.74) is 1.16. The van der Waals surface area contributed by atoms with E-state index < -0.39 is 0 Å². The number of nitrogens with zero attached hydrogens (tertiary/aromatic N) is 1. The Hall–Kier alpha value is -1.22. The second kappa shape index (κ2) is 5.21. The van der Waals surface area contributed by atoms with E-state index in [1.165, 1.54) is 25.9 Å². The molecule has 2 rings (SSSR count). The highest BCUT2D eigenvalue weighted by molar-refractivity contribution is 5.44. The molecule has 16 heavy (non-hydrogen) atoms. The summed E-state index contributed by atoms with van der Waals surface area (Å²) in [5, 5.41) is 0. The molecule has 0 spiro atoms. The molecule has 1 aliphatic heterocycles. The minimum absolute atomic E-state index is 0.922. The van der Waals surface area contributed by atoms with Crippen LogP contribution in [0.2, 0.25) is 0 Å². The maximum absolute atomic E-state index is 5.39. The van der Waals surface area contributed by atoms with E-state index in [1.54, 1.807) is 14.2 Å². The van der Waals surface area contributed by atoms with Gasteiger partial charge in [-0.1, -0.05) is 6.07 Å². The highest BCUT2D eigenvalue weighted by Gasteiger charge is 2.17. The van der Waals surface area contributed by atoms with Crippen LogP contribution < -0.4 is 9.47 Å². The SMILES string of the molecule is COc1cccc(OC)c1CN1CCCC1. The van der Waals surface area contributed by atoms with Gasteiger partial charge < -0.3 is 9.47 Å². The molecule has 0 aliphatic carbocycles. The summed E-state index contributed by atoms with van der Waals surface area (Å²) in [7, 11) is 3.42. The van der Waals surface area contributed by atoms with Crippen LogP contribution >= 0.6 is 0 Å². The van der Waals surface area contributed by atoms with E-state index in [9.17, 15) is 0 Å². The Kier molecular flexibility index (Phi) is 3.67. The minimum Gasteiger partial charge on any atom is -0.496 e. The fourth-order valence-corrected chi connectivity index (χ4v) is 2.25. The fourth-order valence-electron chi connectivity index (χ4n) is 2.25. The first kappa shape index (κ1) is 11.3. The number of hydrogen-bond acceptors (Lipinski definition) is 3.